The van der Waals surface area contributed by atoms with Crippen LogP contribution in [-0.4, -0.2) is 44.6 Å². The summed E-state index contributed by atoms with van der Waals surface area (Å²) in [4.78, 5) is 22.7. The molecule has 0 spiro atoms. The Morgan fingerprint density at radius 3 is 2.77 bits per heavy atom. The zero-order chi connectivity index (χ0) is 18.6. The number of hydrogen-bond acceptors (Lipinski definition) is 5. The summed E-state index contributed by atoms with van der Waals surface area (Å²) in [6.07, 6.45) is 3.17. The van der Waals surface area contributed by atoms with Crippen LogP contribution in [0.25, 0.3) is 0 Å². The van der Waals surface area contributed by atoms with Crippen LogP contribution in [0.4, 0.5) is 4.39 Å². The summed E-state index contributed by atoms with van der Waals surface area (Å²) in [5, 5.41) is 9.71. The molecule has 2 aromatic rings. The highest BCUT2D eigenvalue weighted by atomic mass is 19.1. The van der Waals surface area contributed by atoms with E-state index in [1.54, 1.807) is 12.3 Å². The Hall–Kier alpha value is -2.54. The minimum Gasteiger partial charge on any atom is -0.478 e. The SMILES string of the molecule is CCc1nccc(CN2CCC(Oc3cccc(F)c3)(C(=O)O)CC2)n1. The highest BCUT2D eigenvalue weighted by Gasteiger charge is 2.44. The molecule has 1 fully saturated rings. The van der Waals surface area contributed by atoms with Gasteiger partial charge < -0.3 is 9.84 Å². The van der Waals surface area contributed by atoms with Crippen LogP contribution in [-0.2, 0) is 17.8 Å². The number of carboxylic acid groups (broad SMARTS) is 1. The molecule has 1 N–H and O–H groups in total. The number of piperidine rings is 1. The van der Waals surface area contributed by atoms with E-state index in [2.05, 4.69) is 14.9 Å². The highest BCUT2D eigenvalue weighted by Crippen LogP contribution is 2.30. The fourth-order valence-electron chi connectivity index (χ4n) is 3.12. The largest absolute Gasteiger partial charge is 0.478 e. The first-order valence-electron chi connectivity index (χ1n) is 8.72. The Morgan fingerprint density at radius 2 is 2.12 bits per heavy atom. The molecule has 0 aliphatic carbocycles. The van der Waals surface area contributed by atoms with Crippen LogP contribution in [0.3, 0.4) is 0 Å². The number of aliphatic carboxylic acids is 1. The van der Waals surface area contributed by atoms with Gasteiger partial charge in [-0.25, -0.2) is 19.2 Å². The molecule has 0 saturated carbocycles. The standard InChI is InChI=1S/C19H22FN3O3/c1-2-17-21-9-6-15(22-17)13-23-10-7-19(8-11-23,18(24)25)26-16-5-3-4-14(20)12-16/h3-6,9,12H,2,7-8,10-11,13H2,1H3,(H,24,25). The first kappa shape index (κ1) is 18.3. The first-order chi connectivity index (χ1) is 12.5. The second-order valence-corrected chi connectivity index (χ2v) is 6.45. The maximum absolute atomic E-state index is 13.4. The molecule has 1 saturated heterocycles. The van der Waals surface area contributed by atoms with Gasteiger partial charge in [0.1, 0.15) is 17.4 Å². The number of hydrogen-bond donors (Lipinski definition) is 1. The predicted molar refractivity (Wildman–Crippen MR) is 93.3 cm³/mol. The zero-order valence-electron chi connectivity index (χ0n) is 14.7. The van der Waals surface area contributed by atoms with E-state index >= 15 is 0 Å². The van der Waals surface area contributed by atoms with Gasteiger partial charge in [-0.05, 0) is 18.2 Å². The Bertz CT molecular complexity index is 776. The Labute approximate surface area is 151 Å². The molecule has 0 atom stereocenters. The average molecular weight is 359 g/mol. The first-order valence-corrected chi connectivity index (χ1v) is 8.72. The smallest absolute Gasteiger partial charge is 0.348 e. The van der Waals surface area contributed by atoms with Gasteiger partial charge in [0, 0.05) is 51.2 Å². The molecule has 1 aliphatic rings. The molecule has 0 amide bonds. The molecule has 0 unspecified atom stereocenters. The van der Waals surface area contributed by atoms with Gasteiger partial charge in [0.25, 0.3) is 0 Å². The third kappa shape index (κ3) is 4.16. The van der Waals surface area contributed by atoms with Crippen molar-refractivity contribution in [1.82, 2.24) is 14.9 Å². The topological polar surface area (TPSA) is 75.6 Å². The second kappa shape index (κ2) is 7.78. The van der Waals surface area contributed by atoms with E-state index < -0.39 is 17.4 Å². The number of rotatable bonds is 6. The van der Waals surface area contributed by atoms with E-state index in [0.29, 0.717) is 32.5 Å². The van der Waals surface area contributed by atoms with Crippen molar-refractivity contribution >= 4 is 5.97 Å². The molecule has 1 aliphatic heterocycles. The van der Waals surface area contributed by atoms with Crippen LogP contribution >= 0.6 is 0 Å². The van der Waals surface area contributed by atoms with Crippen molar-refractivity contribution < 1.29 is 19.0 Å². The number of likely N-dealkylation sites (tertiary alicyclic amines) is 1. The summed E-state index contributed by atoms with van der Waals surface area (Å²) in [6, 6.07) is 7.48. The van der Waals surface area contributed by atoms with Gasteiger partial charge in [0.2, 0.25) is 5.60 Å². The van der Waals surface area contributed by atoms with E-state index in [1.165, 1.54) is 18.2 Å². The molecule has 3 rings (SSSR count). The molecular formula is C19H22FN3O3. The number of aromatic nitrogens is 2. The van der Waals surface area contributed by atoms with E-state index in [4.69, 9.17) is 4.74 Å². The molecule has 26 heavy (non-hydrogen) atoms. The number of ether oxygens (including phenoxy) is 1. The van der Waals surface area contributed by atoms with Gasteiger partial charge in [0.15, 0.2) is 0 Å². The van der Waals surface area contributed by atoms with Gasteiger partial charge in [-0.15, -0.1) is 0 Å². The van der Waals surface area contributed by atoms with Crippen molar-refractivity contribution in [3.8, 4) is 5.75 Å². The number of carbonyl (C=O) groups is 1. The molecule has 0 radical (unpaired) electrons. The zero-order valence-corrected chi connectivity index (χ0v) is 14.7. The van der Waals surface area contributed by atoms with Gasteiger partial charge in [-0.1, -0.05) is 13.0 Å². The highest BCUT2D eigenvalue weighted by molar-refractivity contribution is 5.78. The Kier molecular flexibility index (Phi) is 5.46. The van der Waals surface area contributed by atoms with Gasteiger partial charge >= 0.3 is 5.97 Å². The predicted octanol–water partition coefficient (Wildman–Crippen LogP) is 2.68. The number of benzene rings is 1. The lowest BCUT2D eigenvalue weighted by molar-refractivity contribution is -0.159. The van der Waals surface area contributed by atoms with Crippen LogP contribution in [0, 0.1) is 5.82 Å². The van der Waals surface area contributed by atoms with Gasteiger partial charge in [-0.3, -0.25) is 4.90 Å². The molecule has 6 nitrogen and oxygen atoms in total. The van der Waals surface area contributed by atoms with Crippen LogP contribution in [0.5, 0.6) is 5.75 Å². The van der Waals surface area contributed by atoms with Crippen LogP contribution < -0.4 is 4.74 Å². The maximum Gasteiger partial charge on any atom is 0.348 e. The third-order valence-electron chi connectivity index (χ3n) is 4.63. The molecule has 1 aromatic carbocycles. The molecule has 7 heteroatoms. The van der Waals surface area contributed by atoms with Crippen molar-refractivity contribution in [3.05, 3.63) is 53.9 Å². The lowest BCUT2D eigenvalue weighted by atomic mass is 9.91. The number of halogens is 1. The van der Waals surface area contributed by atoms with Crippen molar-refractivity contribution in [2.75, 3.05) is 13.1 Å². The fraction of sp³-hybridized carbons (Fsp3) is 0.421. The number of nitrogens with zero attached hydrogens (tertiary/aromatic N) is 3. The normalized spacial score (nSPS) is 17.0. The summed E-state index contributed by atoms with van der Waals surface area (Å²) in [5.41, 5.74) is -0.407. The summed E-state index contributed by atoms with van der Waals surface area (Å²) in [7, 11) is 0. The third-order valence-corrected chi connectivity index (χ3v) is 4.63. The summed E-state index contributed by atoms with van der Waals surface area (Å²) >= 11 is 0. The summed E-state index contributed by atoms with van der Waals surface area (Å²) < 4.78 is 19.1. The van der Waals surface area contributed by atoms with E-state index in [-0.39, 0.29) is 5.75 Å². The average Bonchev–Trinajstić information content (AvgIpc) is 2.63. The molecular weight excluding hydrogens is 337 g/mol. The molecule has 138 valence electrons. The Balaban J connectivity index is 1.66. The van der Waals surface area contributed by atoms with E-state index in [1.807, 2.05) is 13.0 Å². The molecule has 0 bridgehead atoms. The number of aryl methyl sites for hydroxylation is 1. The molecule has 2 heterocycles. The summed E-state index contributed by atoms with van der Waals surface area (Å²) in [6.45, 7) is 3.77. The minimum absolute atomic E-state index is 0.240. The van der Waals surface area contributed by atoms with Crippen molar-refractivity contribution in [2.24, 2.45) is 0 Å². The number of carboxylic acids is 1. The van der Waals surface area contributed by atoms with E-state index in [9.17, 15) is 14.3 Å². The van der Waals surface area contributed by atoms with Crippen LogP contribution in [0.15, 0.2) is 36.5 Å². The monoisotopic (exact) mass is 359 g/mol. The Morgan fingerprint density at radius 1 is 1.35 bits per heavy atom. The second-order valence-electron chi connectivity index (χ2n) is 6.45. The van der Waals surface area contributed by atoms with Gasteiger partial charge in [0.05, 0.1) is 5.69 Å². The lowest BCUT2D eigenvalue weighted by Gasteiger charge is -2.38. The van der Waals surface area contributed by atoms with Crippen LogP contribution in [0.1, 0.15) is 31.3 Å². The summed E-state index contributed by atoms with van der Waals surface area (Å²) in [5.74, 6) is -0.425. The van der Waals surface area contributed by atoms with E-state index in [0.717, 1.165) is 17.9 Å². The molecule has 1 aromatic heterocycles. The maximum atomic E-state index is 13.4. The lowest BCUT2D eigenvalue weighted by Crippen LogP contribution is -2.53. The van der Waals surface area contributed by atoms with Crippen molar-refractivity contribution in [2.45, 2.75) is 38.3 Å². The van der Waals surface area contributed by atoms with Crippen molar-refractivity contribution in [3.63, 3.8) is 0 Å². The fourth-order valence-corrected chi connectivity index (χ4v) is 3.12. The minimum atomic E-state index is -1.33. The quantitative estimate of drug-likeness (QED) is 0.855. The van der Waals surface area contributed by atoms with Crippen molar-refractivity contribution in [1.29, 1.82) is 0 Å². The van der Waals surface area contributed by atoms with Gasteiger partial charge in [-0.2, -0.15) is 0 Å². The van der Waals surface area contributed by atoms with Crippen LogP contribution in [0.2, 0.25) is 0 Å².